The first-order chi connectivity index (χ1) is 9.63. The Hall–Kier alpha value is -1.88. The molecule has 106 valence electrons. The molecular weight excluding hydrogens is 254 g/mol. The van der Waals surface area contributed by atoms with E-state index in [0.717, 1.165) is 25.9 Å². The molecule has 0 amide bonds. The van der Waals surface area contributed by atoms with Crippen LogP contribution >= 0.6 is 0 Å². The first-order valence-electron chi connectivity index (χ1n) is 7.02. The molecule has 0 aromatic rings. The van der Waals surface area contributed by atoms with Crippen LogP contribution in [0.3, 0.4) is 0 Å². The van der Waals surface area contributed by atoms with Gasteiger partial charge in [-0.25, -0.2) is 0 Å². The van der Waals surface area contributed by atoms with Crippen LogP contribution < -0.4 is 5.32 Å². The minimum absolute atomic E-state index is 0.145. The molecule has 0 aromatic heterocycles. The number of hydrogen-bond acceptors (Lipinski definition) is 4. The molecule has 2 unspecified atom stereocenters. The first kappa shape index (κ1) is 13.1. The van der Waals surface area contributed by atoms with Gasteiger partial charge in [0.25, 0.3) is 5.70 Å². The van der Waals surface area contributed by atoms with Crippen LogP contribution in [0.1, 0.15) is 12.8 Å². The molecule has 1 N–H and O–H groups in total. The molecule has 0 aromatic carbocycles. The Morgan fingerprint density at radius 1 is 1.50 bits per heavy atom. The van der Waals surface area contributed by atoms with E-state index < -0.39 is 0 Å². The number of nitrogens with one attached hydrogen (secondary N) is 1. The fourth-order valence-corrected chi connectivity index (χ4v) is 3.03. The fourth-order valence-electron chi connectivity index (χ4n) is 3.03. The Balaban J connectivity index is 1.90. The van der Waals surface area contributed by atoms with E-state index in [1.807, 2.05) is 12.2 Å². The highest BCUT2D eigenvalue weighted by atomic mass is 16.6. The molecular formula is C15H19N3O2. The Kier molecular flexibility index (Phi) is 3.44. The van der Waals surface area contributed by atoms with Gasteiger partial charge in [0.1, 0.15) is 0 Å². The molecule has 2 atom stereocenters. The number of nitrogens with zero attached hydrogens (tertiary/aromatic N) is 2. The molecule has 3 rings (SSSR count). The van der Waals surface area contributed by atoms with Crippen LogP contribution in [0.4, 0.5) is 0 Å². The minimum atomic E-state index is -0.294. The lowest BCUT2D eigenvalue weighted by Crippen LogP contribution is -2.32. The molecule has 3 aliphatic rings. The summed E-state index contributed by atoms with van der Waals surface area (Å²) in [6.45, 7) is 2.00. The summed E-state index contributed by atoms with van der Waals surface area (Å²) >= 11 is 0. The van der Waals surface area contributed by atoms with Gasteiger partial charge in [0, 0.05) is 43.4 Å². The number of likely N-dealkylation sites (N-methyl/N-ethyl adjacent to an activating group) is 1. The predicted molar refractivity (Wildman–Crippen MR) is 77.5 cm³/mol. The molecule has 0 radical (unpaired) electrons. The van der Waals surface area contributed by atoms with Crippen molar-refractivity contribution in [2.45, 2.75) is 18.9 Å². The number of rotatable bonds is 2. The quantitative estimate of drug-likeness (QED) is 0.616. The van der Waals surface area contributed by atoms with Crippen molar-refractivity contribution in [2.75, 3.05) is 20.1 Å². The van der Waals surface area contributed by atoms with Gasteiger partial charge in [0.15, 0.2) is 0 Å². The topological polar surface area (TPSA) is 58.4 Å². The van der Waals surface area contributed by atoms with Crippen molar-refractivity contribution >= 4 is 0 Å². The van der Waals surface area contributed by atoms with E-state index in [4.69, 9.17) is 0 Å². The molecule has 5 heteroatoms. The van der Waals surface area contributed by atoms with E-state index in [0.29, 0.717) is 0 Å². The van der Waals surface area contributed by atoms with Gasteiger partial charge in [-0.05, 0) is 31.0 Å². The van der Waals surface area contributed by atoms with Crippen LogP contribution in [0.2, 0.25) is 0 Å². The van der Waals surface area contributed by atoms with Crippen molar-refractivity contribution in [3.05, 3.63) is 57.5 Å². The smallest absolute Gasteiger partial charge is 0.265 e. The Morgan fingerprint density at radius 2 is 2.35 bits per heavy atom. The average molecular weight is 273 g/mol. The van der Waals surface area contributed by atoms with Gasteiger partial charge in [-0.2, -0.15) is 0 Å². The van der Waals surface area contributed by atoms with Crippen LogP contribution in [0.5, 0.6) is 0 Å². The van der Waals surface area contributed by atoms with Crippen molar-refractivity contribution in [1.29, 1.82) is 0 Å². The van der Waals surface area contributed by atoms with E-state index in [2.05, 4.69) is 29.5 Å². The summed E-state index contributed by atoms with van der Waals surface area (Å²) in [4.78, 5) is 13.0. The number of hydrogen-bond donors (Lipinski definition) is 1. The summed E-state index contributed by atoms with van der Waals surface area (Å²) in [5.41, 5.74) is 2.76. The van der Waals surface area contributed by atoms with Gasteiger partial charge in [-0.15, -0.1) is 0 Å². The fraction of sp³-hybridized carbons (Fsp3) is 0.467. The average Bonchev–Trinajstić information content (AvgIpc) is 2.60. The van der Waals surface area contributed by atoms with Gasteiger partial charge < -0.3 is 10.2 Å². The summed E-state index contributed by atoms with van der Waals surface area (Å²) in [6, 6.07) is 0.198. The van der Waals surface area contributed by atoms with E-state index in [1.54, 1.807) is 6.08 Å². The summed E-state index contributed by atoms with van der Waals surface area (Å²) in [5, 5.41) is 14.4. The normalized spacial score (nSPS) is 29.8. The van der Waals surface area contributed by atoms with Crippen LogP contribution in [0.15, 0.2) is 47.3 Å². The summed E-state index contributed by atoms with van der Waals surface area (Å²) < 4.78 is 0. The molecule has 5 nitrogen and oxygen atoms in total. The van der Waals surface area contributed by atoms with E-state index in [-0.39, 0.29) is 22.6 Å². The lowest BCUT2D eigenvalue weighted by molar-refractivity contribution is -0.419. The van der Waals surface area contributed by atoms with Crippen LogP contribution in [0.25, 0.3) is 0 Å². The molecule has 20 heavy (non-hydrogen) atoms. The highest BCUT2D eigenvalue weighted by Gasteiger charge is 2.28. The Labute approximate surface area is 118 Å². The lowest BCUT2D eigenvalue weighted by atomic mass is 9.83. The standard InChI is InChI=1S/C15H19N3O2/c1-17-6-4-11(5-7-17)15-10-16-13-2-3-14(18(19)20)9-12(15)8-13/h2-4,9-10,12-13,16H,5-8H2,1H3. The van der Waals surface area contributed by atoms with Crippen LogP contribution in [-0.2, 0) is 0 Å². The summed E-state index contributed by atoms with van der Waals surface area (Å²) in [6.07, 6.45) is 11.5. The van der Waals surface area contributed by atoms with Gasteiger partial charge in [0.05, 0.1) is 4.92 Å². The Bertz CT molecular complexity index is 545. The predicted octanol–water partition coefficient (Wildman–Crippen LogP) is 1.84. The largest absolute Gasteiger partial charge is 0.384 e. The third-order valence-corrected chi connectivity index (χ3v) is 4.23. The zero-order valence-corrected chi connectivity index (χ0v) is 11.6. The molecule has 0 fully saturated rings. The second-order valence-corrected chi connectivity index (χ2v) is 5.66. The SMILES string of the molecule is CN1CC=C(C2=CNC3C=CC([N+](=O)[O-])=CC2C3)CC1. The zero-order valence-electron chi connectivity index (χ0n) is 11.6. The Morgan fingerprint density at radius 3 is 3.05 bits per heavy atom. The monoisotopic (exact) mass is 273 g/mol. The second kappa shape index (κ2) is 5.25. The molecule has 0 spiro atoms. The lowest BCUT2D eigenvalue weighted by Gasteiger charge is -2.31. The van der Waals surface area contributed by atoms with Crippen LogP contribution in [0, 0.1) is 16.0 Å². The van der Waals surface area contributed by atoms with Gasteiger partial charge in [0.2, 0.25) is 0 Å². The third kappa shape index (κ3) is 2.54. The van der Waals surface area contributed by atoms with Crippen molar-refractivity contribution in [1.82, 2.24) is 10.2 Å². The van der Waals surface area contributed by atoms with E-state index >= 15 is 0 Å². The minimum Gasteiger partial charge on any atom is -0.384 e. The van der Waals surface area contributed by atoms with E-state index in [9.17, 15) is 10.1 Å². The molecule has 1 aliphatic carbocycles. The van der Waals surface area contributed by atoms with Crippen LogP contribution in [-0.4, -0.2) is 36.0 Å². The maximum atomic E-state index is 11.0. The molecule has 2 bridgehead atoms. The molecule has 2 heterocycles. The molecule has 0 saturated carbocycles. The zero-order chi connectivity index (χ0) is 14.1. The molecule has 0 saturated heterocycles. The van der Waals surface area contributed by atoms with Crippen molar-refractivity contribution in [2.24, 2.45) is 5.92 Å². The van der Waals surface area contributed by atoms with Gasteiger partial charge in [-0.3, -0.25) is 10.1 Å². The van der Waals surface area contributed by atoms with E-state index in [1.165, 1.54) is 11.1 Å². The van der Waals surface area contributed by atoms with Crippen molar-refractivity contribution in [3.63, 3.8) is 0 Å². The maximum Gasteiger partial charge on any atom is 0.265 e. The van der Waals surface area contributed by atoms with Crippen molar-refractivity contribution in [3.8, 4) is 0 Å². The maximum absolute atomic E-state index is 11.0. The van der Waals surface area contributed by atoms with Gasteiger partial charge >= 0.3 is 0 Å². The highest BCUT2D eigenvalue weighted by molar-refractivity contribution is 5.40. The summed E-state index contributed by atoms with van der Waals surface area (Å²) in [7, 11) is 2.11. The second-order valence-electron chi connectivity index (χ2n) is 5.66. The first-order valence-corrected chi connectivity index (χ1v) is 7.02. The highest BCUT2D eigenvalue weighted by Crippen LogP contribution is 2.34. The number of nitro groups is 1. The van der Waals surface area contributed by atoms with Gasteiger partial charge in [-0.1, -0.05) is 12.2 Å². The number of allylic oxidation sites excluding steroid dienone is 3. The third-order valence-electron chi connectivity index (χ3n) is 4.23. The molecule has 2 aliphatic heterocycles. The number of fused-ring (bicyclic) bond motifs is 2. The van der Waals surface area contributed by atoms with Crippen molar-refractivity contribution < 1.29 is 4.92 Å². The summed E-state index contributed by atoms with van der Waals surface area (Å²) in [5.74, 6) is 0.145.